The number of hydrogen-bond acceptors (Lipinski definition) is 0. The molecular formula is C30H62. The second-order valence-electron chi connectivity index (χ2n) is 10.7. The molecule has 0 saturated carbocycles. The molecule has 0 spiro atoms. The van der Waals surface area contributed by atoms with Crippen LogP contribution in [0.2, 0.25) is 0 Å². The lowest BCUT2D eigenvalue weighted by atomic mass is 9.95. The highest BCUT2D eigenvalue weighted by Gasteiger charge is 2.03. The van der Waals surface area contributed by atoms with Crippen LogP contribution in [0.5, 0.6) is 0 Å². The van der Waals surface area contributed by atoms with E-state index in [4.69, 9.17) is 0 Å². The van der Waals surface area contributed by atoms with Gasteiger partial charge in [-0.15, -0.1) is 0 Å². The quantitative estimate of drug-likeness (QED) is 0.128. The first-order valence-corrected chi connectivity index (χ1v) is 14.7. The summed E-state index contributed by atoms with van der Waals surface area (Å²) < 4.78 is 0. The van der Waals surface area contributed by atoms with Crippen molar-refractivity contribution in [2.24, 2.45) is 11.8 Å². The standard InChI is InChI=1S/C30H62/c1-5-7-9-21-25-29(3)27-23-19-17-15-13-11-12-14-16-18-20-24-28-30(4)26-22-10-8-6-2/h29-30H,5-28H2,1-4H3. The average molecular weight is 423 g/mol. The van der Waals surface area contributed by atoms with Gasteiger partial charge in [0.15, 0.2) is 0 Å². The Morgan fingerprint density at radius 2 is 0.500 bits per heavy atom. The Balaban J connectivity index is 3.16. The molecule has 0 aromatic rings. The Hall–Kier alpha value is 0. The fourth-order valence-electron chi connectivity index (χ4n) is 4.88. The van der Waals surface area contributed by atoms with E-state index < -0.39 is 0 Å². The molecule has 0 aliphatic rings. The van der Waals surface area contributed by atoms with Crippen molar-refractivity contribution in [2.45, 2.75) is 182 Å². The van der Waals surface area contributed by atoms with Crippen LogP contribution in [0.3, 0.4) is 0 Å². The SMILES string of the molecule is CCCCCCC(C)CCCCCCCCCCCCCCC(C)CCCCCC. The minimum atomic E-state index is 0.968. The van der Waals surface area contributed by atoms with E-state index in [2.05, 4.69) is 27.7 Å². The fraction of sp³-hybridized carbons (Fsp3) is 1.00. The molecule has 0 aromatic carbocycles. The van der Waals surface area contributed by atoms with Crippen LogP contribution >= 0.6 is 0 Å². The van der Waals surface area contributed by atoms with E-state index in [-0.39, 0.29) is 0 Å². The van der Waals surface area contributed by atoms with Crippen molar-refractivity contribution in [1.82, 2.24) is 0 Å². The molecule has 0 bridgehead atoms. The monoisotopic (exact) mass is 422 g/mol. The van der Waals surface area contributed by atoms with Crippen molar-refractivity contribution in [3.05, 3.63) is 0 Å². The summed E-state index contributed by atoms with van der Waals surface area (Å²) in [7, 11) is 0. The summed E-state index contributed by atoms with van der Waals surface area (Å²) in [6.07, 6.45) is 35.2. The van der Waals surface area contributed by atoms with E-state index in [0.717, 1.165) is 11.8 Å². The molecule has 0 aromatic heterocycles. The summed E-state index contributed by atoms with van der Waals surface area (Å²) in [5.74, 6) is 1.94. The molecule has 182 valence electrons. The van der Waals surface area contributed by atoms with E-state index in [0.29, 0.717) is 0 Å². The molecule has 0 nitrogen and oxygen atoms in total. The van der Waals surface area contributed by atoms with E-state index in [9.17, 15) is 0 Å². The first-order chi connectivity index (χ1) is 14.7. The van der Waals surface area contributed by atoms with E-state index in [1.165, 1.54) is 154 Å². The molecule has 0 heterocycles. The van der Waals surface area contributed by atoms with Crippen LogP contribution in [0.1, 0.15) is 182 Å². The van der Waals surface area contributed by atoms with Gasteiger partial charge in [0, 0.05) is 0 Å². The summed E-state index contributed by atoms with van der Waals surface area (Å²) in [5, 5.41) is 0. The van der Waals surface area contributed by atoms with Gasteiger partial charge < -0.3 is 0 Å². The Labute approximate surface area is 193 Å². The van der Waals surface area contributed by atoms with Gasteiger partial charge in [0.2, 0.25) is 0 Å². The van der Waals surface area contributed by atoms with E-state index in [1.807, 2.05) is 0 Å². The molecule has 2 unspecified atom stereocenters. The molecule has 0 saturated heterocycles. The lowest BCUT2D eigenvalue weighted by molar-refractivity contribution is 0.430. The van der Waals surface area contributed by atoms with Crippen molar-refractivity contribution < 1.29 is 0 Å². The third-order valence-corrected chi connectivity index (χ3v) is 7.24. The second-order valence-corrected chi connectivity index (χ2v) is 10.7. The maximum Gasteiger partial charge on any atom is -0.0443 e. The predicted octanol–water partition coefficient (Wildman–Crippen LogP) is 11.7. The maximum atomic E-state index is 2.47. The summed E-state index contributed by atoms with van der Waals surface area (Å²) in [6, 6.07) is 0. The van der Waals surface area contributed by atoms with Gasteiger partial charge in [-0.2, -0.15) is 0 Å². The van der Waals surface area contributed by atoms with Crippen molar-refractivity contribution in [1.29, 1.82) is 0 Å². The molecular weight excluding hydrogens is 360 g/mol. The number of rotatable bonds is 25. The summed E-state index contributed by atoms with van der Waals surface area (Å²) in [5.41, 5.74) is 0. The third-order valence-electron chi connectivity index (χ3n) is 7.24. The minimum absolute atomic E-state index is 0.968. The van der Waals surface area contributed by atoms with Crippen molar-refractivity contribution in [2.75, 3.05) is 0 Å². The number of hydrogen-bond donors (Lipinski definition) is 0. The zero-order valence-corrected chi connectivity index (χ0v) is 22.1. The molecule has 0 radical (unpaired) electrons. The third kappa shape index (κ3) is 24.3. The highest BCUT2D eigenvalue weighted by atomic mass is 14.1. The van der Waals surface area contributed by atoms with Gasteiger partial charge in [-0.3, -0.25) is 0 Å². The smallest absolute Gasteiger partial charge is 0.0443 e. The van der Waals surface area contributed by atoms with Gasteiger partial charge >= 0.3 is 0 Å². The lowest BCUT2D eigenvalue weighted by Crippen LogP contribution is -1.95. The van der Waals surface area contributed by atoms with Gasteiger partial charge in [-0.25, -0.2) is 0 Å². The highest BCUT2D eigenvalue weighted by Crippen LogP contribution is 2.20. The minimum Gasteiger partial charge on any atom is -0.0654 e. The van der Waals surface area contributed by atoms with Crippen LogP contribution in [0.25, 0.3) is 0 Å². The Kier molecular flexibility index (Phi) is 25.3. The molecule has 30 heavy (non-hydrogen) atoms. The summed E-state index contributed by atoms with van der Waals surface area (Å²) in [4.78, 5) is 0. The van der Waals surface area contributed by atoms with Gasteiger partial charge in [0.1, 0.15) is 0 Å². The molecule has 0 rings (SSSR count). The molecule has 0 N–H and O–H groups in total. The maximum absolute atomic E-state index is 2.47. The summed E-state index contributed by atoms with van der Waals surface area (Å²) >= 11 is 0. The first kappa shape index (κ1) is 30.0. The lowest BCUT2D eigenvalue weighted by Gasteiger charge is -2.11. The van der Waals surface area contributed by atoms with E-state index in [1.54, 1.807) is 0 Å². The first-order valence-electron chi connectivity index (χ1n) is 14.7. The van der Waals surface area contributed by atoms with E-state index >= 15 is 0 Å². The predicted molar refractivity (Wildman–Crippen MR) is 140 cm³/mol. The fourth-order valence-corrected chi connectivity index (χ4v) is 4.88. The highest BCUT2D eigenvalue weighted by molar-refractivity contribution is 4.57. The second kappa shape index (κ2) is 25.3. The number of unbranched alkanes of at least 4 members (excludes halogenated alkanes) is 17. The topological polar surface area (TPSA) is 0 Å². The van der Waals surface area contributed by atoms with Crippen LogP contribution < -0.4 is 0 Å². The van der Waals surface area contributed by atoms with Gasteiger partial charge in [-0.1, -0.05) is 182 Å². The molecule has 0 aliphatic carbocycles. The van der Waals surface area contributed by atoms with Crippen LogP contribution in [0.4, 0.5) is 0 Å². The van der Waals surface area contributed by atoms with Crippen molar-refractivity contribution in [3.8, 4) is 0 Å². The molecule has 0 amide bonds. The van der Waals surface area contributed by atoms with Gasteiger partial charge in [-0.05, 0) is 11.8 Å². The van der Waals surface area contributed by atoms with Crippen molar-refractivity contribution in [3.63, 3.8) is 0 Å². The summed E-state index contributed by atoms with van der Waals surface area (Å²) in [6.45, 7) is 9.56. The van der Waals surface area contributed by atoms with Crippen LogP contribution in [0, 0.1) is 11.8 Å². The van der Waals surface area contributed by atoms with Gasteiger partial charge in [0.25, 0.3) is 0 Å². The Morgan fingerprint density at radius 3 is 0.733 bits per heavy atom. The van der Waals surface area contributed by atoms with Crippen LogP contribution in [-0.4, -0.2) is 0 Å². The van der Waals surface area contributed by atoms with Crippen LogP contribution in [-0.2, 0) is 0 Å². The largest absolute Gasteiger partial charge is 0.0654 e. The Bertz CT molecular complexity index is 264. The average Bonchev–Trinajstić information content (AvgIpc) is 2.74. The van der Waals surface area contributed by atoms with Crippen molar-refractivity contribution >= 4 is 0 Å². The molecule has 2 atom stereocenters. The molecule has 0 heteroatoms. The zero-order valence-electron chi connectivity index (χ0n) is 22.1. The van der Waals surface area contributed by atoms with Crippen LogP contribution in [0.15, 0.2) is 0 Å². The van der Waals surface area contributed by atoms with Gasteiger partial charge in [0.05, 0.1) is 0 Å². The molecule has 0 aliphatic heterocycles. The Morgan fingerprint density at radius 1 is 0.300 bits per heavy atom. The zero-order chi connectivity index (χ0) is 22.1. The molecule has 0 fully saturated rings. The normalized spacial score (nSPS) is 13.6.